The SMILES string of the molecule is CSC[C@H](NC(=O)Cc1ccc(-c2ccccc2)cc1)C(=O)N[C@H](CCCN=C(N)N)C(=O)N[C@@H](CC(C)C)C(=O)NCCc1ccccc1. The first-order valence-electron chi connectivity index (χ1n) is 17.0. The van der Waals surface area contributed by atoms with Gasteiger partial charge in [-0.05, 0) is 60.1 Å². The van der Waals surface area contributed by atoms with Crippen LogP contribution in [-0.4, -0.2) is 72.8 Å². The Balaban J connectivity index is 1.66. The van der Waals surface area contributed by atoms with Gasteiger partial charge in [-0.25, -0.2) is 0 Å². The Morgan fingerprint density at radius 1 is 0.720 bits per heavy atom. The molecular formula is C38H51N7O4S. The van der Waals surface area contributed by atoms with Gasteiger partial charge in [0.25, 0.3) is 0 Å². The van der Waals surface area contributed by atoms with E-state index in [1.807, 2.05) is 105 Å². The van der Waals surface area contributed by atoms with Crippen molar-refractivity contribution in [3.05, 3.63) is 96.1 Å². The summed E-state index contributed by atoms with van der Waals surface area (Å²) in [7, 11) is 0. The van der Waals surface area contributed by atoms with Crippen LogP contribution in [0.25, 0.3) is 11.1 Å². The molecule has 3 aromatic rings. The number of hydrogen-bond donors (Lipinski definition) is 6. The van der Waals surface area contributed by atoms with E-state index in [-0.39, 0.29) is 43.1 Å². The molecule has 0 saturated carbocycles. The summed E-state index contributed by atoms with van der Waals surface area (Å²) in [4.78, 5) is 57.6. The van der Waals surface area contributed by atoms with Crippen molar-refractivity contribution in [2.45, 2.75) is 64.1 Å². The molecule has 0 aromatic heterocycles. The predicted molar refractivity (Wildman–Crippen MR) is 202 cm³/mol. The molecule has 268 valence electrons. The third kappa shape index (κ3) is 14.3. The first-order chi connectivity index (χ1) is 24.0. The first kappa shape index (κ1) is 39.6. The number of nitrogens with two attached hydrogens (primary N) is 2. The van der Waals surface area contributed by atoms with Crippen LogP contribution in [0.4, 0.5) is 0 Å². The highest BCUT2D eigenvalue weighted by Crippen LogP contribution is 2.19. The van der Waals surface area contributed by atoms with Gasteiger partial charge >= 0.3 is 0 Å². The van der Waals surface area contributed by atoms with Crippen LogP contribution < -0.4 is 32.7 Å². The Bertz CT molecular complexity index is 1530. The lowest BCUT2D eigenvalue weighted by Gasteiger charge is -2.26. The zero-order valence-corrected chi connectivity index (χ0v) is 30.0. The Kier molecular flexibility index (Phi) is 16.9. The van der Waals surface area contributed by atoms with E-state index in [9.17, 15) is 19.2 Å². The van der Waals surface area contributed by atoms with Crippen molar-refractivity contribution >= 4 is 41.4 Å². The number of hydrogen-bond acceptors (Lipinski definition) is 6. The molecule has 3 atom stereocenters. The highest BCUT2D eigenvalue weighted by atomic mass is 32.2. The van der Waals surface area contributed by atoms with Gasteiger partial charge in [-0.3, -0.25) is 24.2 Å². The summed E-state index contributed by atoms with van der Waals surface area (Å²) < 4.78 is 0. The van der Waals surface area contributed by atoms with Crippen molar-refractivity contribution in [1.82, 2.24) is 21.3 Å². The molecule has 11 nitrogen and oxygen atoms in total. The fourth-order valence-electron chi connectivity index (χ4n) is 5.34. The molecule has 12 heteroatoms. The van der Waals surface area contributed by atoms with E-state index < -0.39 is 29.9 Å². The number of nitrogens with one attached hydrogen (secondary N) is 4. The number of benzene rings is 3. The van der Waals surface area contributed by atoms with Crippen molar-refractivity contribution in [3.8, 4) is 11.1 Å². The maximum Gasteiger partial charge on any atom is 0.244 e. The van der Waals surface area contributed by atoms with E-state index in [0.29, 0.717) is 31.6 Å². The second-order valence-corrected chi connectivity index (χ2v) is 13.5. The van der Waals surface area contributed by atoms with E-state index in [1.54, 1.807) is 0 Å². The number of carbonyl (C=O) groups excluding carboxylic acids is 4. The maximum absolute atomic E-state index is 13.7. The minimum atomic E-state index is -0.990. The summed E-state index contributed by atoms with van der Waals surface area (Å²) in [6.45, 7) is 4.61. The molecule has 3 rings (SSSR count). The highest BCUT2D eigenvalue weighted by molar-refractivity contribution is 7.98. The van der Waals surface area contributed by atoms with E-state index in [1.165, 1.54) is 11.8 Å². The van der Waals surface area contributed by atoms with Crippen molar-refractivity contribution in [1.29, 1.82) is 0 Å². The molecule has 0 saturated heterocycles. The minimum Gasteiger partial charge on any atom is -0.370 e. The molecule has 3 aromatic carbocycles. The van der Waals surface area contributed by atoms with Crippen molar-refractivity contribution in [2.24, 2.45) is 22.4 Å². The molecule has 0 bridgehead atoms. The van der Waals surface area contributed by atoms with Crippen LogP contribution >= 0.6 is 11.8 Å². The zero-order chi connectivity index (χ0) is 36.3. The quantitative estimate of drug-likeness (QED) is 0.0595. The lowest BCUT2D eigenvalue weighted by Crippen LogP contribution is -2.57. The van der Waals surface area contributed by atoms with Crippen LogP contribution in [0, 0.1) is 5.92 Å². The molecule has 0 heterocycles. The summed E-state index contributed by atoms with van der Waals surface area (Å²) in [5.74, 6) is -1.27. The second kappa shape index (κ2) is 21.3. The molecule has 0 aliphatic rings. The van der Waals surface area contributed by atoms with E-state index in [4.69, 9.17) is 11.5 Å². The number of aliphatic imine (C=N–C) groups is 1. The average Bonchev–Trinajstić information content (AvgIpc) is 3.09. The average molecular weight is 702 g/mol. The van der Waals surface area contributed by atoms with Gasteiger partial charge in [-0.1, -0.05) is 98.8 Å². The van der Waals surface area contributed by atoms with E-state index in [0.717, 1.165) is 22.3 Å². The molecule has 0 aliphatic heterocycles. The zero-order valence-electron chi connectivity index (χ0n) is 29.2. The van der Waals surface area contributed by atoms with E-state index in [2.05, 4.69) is 26.3 Å². The van der Waals surface area contributed by atoms with Crippen LogP contribution in [0.2, 0.25) is 0 Å². The summed E-state index contributed by atoms with van der Waals surface area (Å²) in [5, 5.41) is 11.5. The fourth-order valence-corrected chi connectivity index (χ4v) is 5.91. The van der Waals surface area contributed by atoms with Crippen LogP contribution in [0.1, 0.15) is 44.2 Å². The molecule has 8 N–H and O–H groups in total. The summed E-state index contributed by atoms with van der Waals surface area (Å²) >= 11 is 1.40. The molecule has 0 spiro atoms. The normalized spacial score (nSPS) is 12.6. The Labute approximate surface area is 299 Å². The Morgan fingerprint density at radius 3 is 1.94 bits per heavy atom. The molecule has 0 unspecified atom stereocenters. The Hall–Kier alpha value is -4.84. The predicted octanol–water partition coefficient (Wildman–Crippen LogP) is 3.17. The number of amides is 4. The summed E-state index contributed by atoms with van der Waals surface area (Å²) in [6, 6.07) is 24.8. The van der Waals surface area contributed by atoms with Crippen LogP contribution in [0.15, 0.2) is 89.9 Å². The third-order valence-corrected chi connectivity index (χ3v) is 8.55. The molecule has 0 radical (unpaired) electrons. The largest absolute Gasteiger partial charge is 0.370 e. The van der Waals surface area contributed by atoms with E-state index >= 15 is 0 Å². The van der Waals surface area contributed by atoms with Gasteiger partial charge in [0, 0.05) is 18.8 Å². The lowest BCUT2D eigenvalue weighted by atomic mass is 10.0. The van der Waals surface area contributed by atoms with Gasteiger partial charge in [0.2, 0.25) is 23.6 Å². The third-order valence-electron chi connectivity index (χ3n) is 7.88. The lowest BCUT2D eigenvalue weighted by molar-refractivity contribution is -0.133. The highest BCUT2D eigenvalue weighted by Gasteiger charge is 2.30. The number of thioether (sulfide) groups is 1. The van der Waals surface area contributed by atoms with Crippen LogP contribution in [0.5, 0.6) is 0 Å². The fraction of sp³-hybridized carbons (Fsp3) is 0.395. The summed E-state index contributed by atoms with van der Waals surface area (Å²) in [5.41, 5.74) is 15.0. The number of guanidine groups is 1. The van der Waals surface area contributed by atoms with Gasteiger partial charge in [0.15, 0.2) is 5.96 Å². The molecule has 0 fully saturated rings. The van der Waals surface area contributed by atoms with Crippen molar-refractivity contribution < 1.29 is 19.2 Å². The summed E-state index contributed by atoms with van der Waals surface area (Å²) in [6.07, 6.45) is 3.60. The smallest absolute Gasteiger partial charge is 0.244 e. The first-order valence-corrected chi connectivity index (χ1v) is 18.4. The number of rotatable bonds is 20. The van der Waals surface area contributed by atoms with Crippen LogP contribution in [-0.2, 0) is 32.0 Å². The molecule has 0 aliphatic carbocycles. The van der Waals surface area contributed by atoms with Gasteiger partial charge < -0.3 is 32.7 Å². The van der Waals surface area contributed by atoms with Crippen molar-refractivity contribution in [2.75, 3.05) is 25.1 Å². The Morgan fingerprint density at radius 2 is 1.32 bits per heavy atom. The number of nitrogens with zero attached hydrogens (tertiary/aromatic N) is 1. The standard InChI is InChI=1S/C38H51N7O4S/c1-26(2)23-32(35(47)41-22-20-27-11-6-4-7-12-27)45-36(48)31(15-10-21-42-38(39)40)44-37(49)33(25-50-3)43-34(46)24-28-16-18-30(19-17-28)29-13-8-5-9-14-29/h4-9,11-14,16-19,26,31-33H,10,15,20-25H2,1-3H3,(H,41,47)(H,43,46)(H,44,49)(H,45,48)(H4,39,40,42)/t31-,32+,33+/m1/s1. The van der Waals surface area contributed by atoms with Crippen molar-refractivity contribution in [3.63, 3.8) is 0 Å². The van der Waals surface area contributed by atoms with Gasteiger partial charge in [0.1, 0.15) is 18.1 Å². The van der Waals surface area contributed by atoms with Gasteiger partial charge in [-0.2, -0.15) is 11.8 Å². The second-order valence-electron chi connectivity index (χ2n) is 12.5. The van der Waals surface area contributed by atoms with Crippen LogP contribution in [0.3, 0.4) is 0 Å². The topological polar surface area (TPSA) is 181 Å². The molecule has 4 amide bonds. The molecular weight excluding hydrogens is 651 g/mol. The number of carbonyl (C=O) groups is 4. The monoisotopic (exact) mass is 701 g/mol. The van der Waals surface area contributed by atoms with Gasteiger partial charge in [-0.15, -0.1) is 0 Å². The molecule has 50 heavy (non-hydrogen) atoms. The maximum atomic E-state index is 13.7. The van der Waals surface area contributed by atoms with Gasteiger partial charge in [0.05, 0.1) is 6.42 Å². The minimum absolute atomic E-state index is 0.0725.